The molecule has 0 amide bonds. The second-order valence-corrected chi connectivity index (χ2v) is 5.48. The van der Waals surface area contributed by atoms with Crippen LogP contribution >= 0.6 is 11.3 Å². The van der Waals surface area contributed by atoms with Crippen LogP contribution in [-0.4, -0.2) is 19.7 Å². The number of aromatic nitrogens is 4. The van der Waals surface area contributed by atoms with E-state index in [1.54, 1.807) is 28.5 Å². The van der Waals surface area contributed by atoms with Crippen LogP contribution in [0.4, 0.5) is 5.69 Å². The predicted octanol–water partition coefficient (Wildman–Crippen LogP) is 2.64. The molecule has 19 heavy (non-hydrogen) atoms. The summed E-state index contributed by atoms with van der Waals surface area (Å²) in [5, 5.41) is 7.39. The van der Waals surface area contributed by atoms with Crippen LogP contribution in [0.5, 0.6) is 0 Å². The van der Waals surface area contributed by atoms with Gasteiger partial charge < -0.3 is 5.32 Å². The monoisotopic (exact) mass is 271 g/mol. The Hall–Kier alpha value is -2.21. The van der Waals surface area contributed by atoms with Gasteiger partial charge in [-0.3, -0.25) is 0 Å². The number of hydrogen-bond acceptors (Lipinski definition) is 5. The molecule has 3 aromatic rings. The molecule has 3 heterocycles. The Labute approximate surface area is 115 Å². The molecule has 3 rings (SSSR count). The van der Waals surface area contributed by atoms with Crippen LogP contribution in [0.25, 0.3) is 5.82 Å². The number of nitrogens with one attached hydrogen (secondary N) is 1. The summed E-state index contributed by atoms with van der Waals surface area (Å²) >= 11 is 1.80. The number of anilines is 1. The lowest BCUT2D eigenvalue weighted by molar-refractivity contribution is 0.845. The van der Waals surface area contributed by atoms with Crippen LogP contribution in [0.1, 0.15) is 9.75 Å². The Balaban J connectivity index is 1.66. The average molecular weight is 271 g/mol. The maximum atomic E-state index is 4.34. The lowest BCUT2D eigenvalue weighted by Gasteiger charge is -2.05. The zero-order valence-electron chi connectivity index (χ0n) is 10.4. The Kier molecular flexibility index (Phi) is 3.24. The quantitative estimate of drug-likeness (QED) is 0.792. The number of rotatable bonds is 4. The highest BCUT2D eigenvalue weighted by molar-refractivity contribution is 7.11. The molecule has 0 saturated heterocycles. The molecule has 0 saturated carbocycles. The number of nitrogens with zero attached hydrogens (tertiary/aromatic N) is 4. The first-order valence-corrected chi connectivity index (χ1v) is 6.73. The van der Waals surface area contributed by atoms with E-state index in [4.69, 9.17) is 0 Å². The third-order valence-corrected chi connectivity index (χ3v) is 3.66. The number of hydrogen-bond donors (Lipinski definition) is 1. The van der Waals surface area contributed by atoms with Crippen molar-refractivity contribution < 1.29 is 0 Å². The zero-order chi connectivity index (χ0) is 13.1. The van der Waals surface area contributed by atoms with Gasteiger partial charge in [0.05, 0.1) is 11.9 Å². The maximum absolute atomic E-state index is 4.34. The SMILES string of the molecule is Cc1ccc(CNc2ccc(-n3cncn3)nc2)s1. The predicted molar refractivity (Wildman–Crippen MR) is 75.5 cm³/mol. The smallest absolute Gasteiger partial charge is 0.155 e. The van der Waals surface area contributed by atoms with Gasteiger partial charge >= 0.3 is 0 Å². The van der Waals surface area contributed by atoms with E-state index in [1.807, 2.05) is 12.1 Å². The van der Waals surface area contributed by atoms with Crippen molar-refractivity contribution in [2.24, 2.45) is 0 Å². The van der Waals surface area contributed by atoms with Gasteiger partial charge in [-0.05, 0) is 31.2 Å². The Morgan fingerprint density at radius 1 is 1.26 bits per heavy atom. The van der Waals surface area contributed by atoms with Crippen LogP contribution in [-0.2, 0) is 6.54 Å². The molecule has 0 fully saturated rings. The van der Waals surface area contributed by atoms with Gasteiger partial charge in [-0.2, -0.15) is 5.10 Å². The number of thiophene rings is 1. The van der Waals surface area contributed by atoms with Crippen molar-refractivity contribution in [2.75, 3.05) is 5.32 Å². The Morgan fingerprint density at radius 3 is 2.84 bits per heavy atom. The van der Waals surface area contributed by atoms with Crippen molar-refractivity contribution >= 4 is 17.0 Å². The van der Waals surface area contributed by atoms with E-state index < -0.39 is 0 Å². The van der Waals surface area contributed by atoms with Crippen LogP contribution < -0.4 is 5.32 Å². The summed E-state index contributed by atoms with van der Waals surface area (Å²) in [7, 11) is 0. The first-order chi connectivity index (χ1) is 9.31. The summed E-state index contributed by atoms with van der Waals surface area (Å²) in [5.41, 5.74) is 0.995. The summed E-state index contributed by atoms with van der Waals surface area (Å²) in [5.74, 6) is 0.759. The van der Waals surface area contributed by atoms with E-state index in [9.17, 15) is 0 Å². The van der Waals surface area contributed by atoms with Crippen LogP contribution in [0, 0.1) is 6.92 Å². The van der Waals surface area contributed by atoms with Crippen molar-refractivity contribution in [3.8, 4) is 5.82 Å². The van der Waals surface area contributed by atoms with E-state index in [1.165, 1.54) is 16.1 Å². The minimum absolute atomic E-state index is 0.759. The summed E-state index contributed by atoms with van der Waals surface area (Å²) in [6, 6.07) is 8.18. The molecule has 0 atom stereocenters. The standard InChI is InChI=1S/C13H13N5S/c1-10-2-4-12(19-10)7-15-11-3-5-13(16-6-11)18-9-14-8-17-18/h2-6,8-9,15H,7H2,1H3. The topological polar surface area (TPSA) is 55.6 Å². The van der Waals surface area contributed by atoms with E-state index in [2.05, 4.69) is 39.4 Å². The fourth-order valence-electron chi connectivity index (χ4n) is 1.72. The molecule has 96 valence electrons. The van der Waals surface area contributed by atoms with Gasteiger partial charge in [-0.25, -0.2) is 14.6 Å². The largest absolute Gasteiger partial charge is 0.379 e. The van der Waals surface area contributed by atoms with Crippen molar-refractivity contribution in [1.82, 2.24) is 19.7 Å². The molecule has 0 aliphatic rings. The molecule has 0 bridgehead atoms. The third-order valence-electron chi connectivity index (χ3n) is 2.66. The molecule has 0 radical (unpaired) electrons. The Morgan fingerprint density at radius 2 is 2.21 bits per heavy atom. The van der Waals surface area contributed by atoms with Gasteiger partial charge in [0.15, 0.2) is 5.82 Å². The fourth-order valence-corrected chi connectivity index (χ4v) is 2.55. The maximum Gasteiger partial charge on any atom is 0.155 e. The highest BCUT2D eigenvalue weighted by Gasteiger charge is 2.00. The van der Waals surface area contributed by atoms with E-state index in [0.29, 0.717) is 0 Å². The second kappa shape index (κ2) is 5.19. The first kappa shape index (κ1) is 11.9. The molecule has 1 N–H and O–H groups in total. The molecular weight excluding hydrogens is 258 g/mol. The van der Waals surface area contributed by atoms with Gasteiger partial charge in [0.2, 0.25) is 0 Å². The zero-order valence-corrected chi connectivity index (χ0v) is 11.3. The lowest BCUT2D eigenvalue weighted by Crippen LogP contribution is -2.01. The second-order valence-electron chi connectivity index (χ2n) is 4.11. The van der Waals surface area contributed by atoms with Gasteiger partial charge in [0.25, 0.3) is 0 Å². The third kappa shape index (κ3) is 2.79. The molecule has 0 spiro atoms. The van der Waals surface area contributed by atoms with Crippen molar-refractivity contribution in [3.63, 3.8) is 0 Å². The minimum atomic E-state index is 0.759. The molecule has 0 aliphatic heterocycles. The van der Waals surface area contributed by atoms with Gasteiger partial charge in [0.1, 0.15) is 12.7 Å². The molecule has 0 unspecified atom stereocenters. The highest BCUT2D eigenvalue weighted by atomic mass is 32.1. The molecule has 3 aromatic heterocycles. The summed E-state index contributed by atoms with van der Waals surface area (Å²) in [6.07, 6.45) is 4.92. The molecule has 0 aromatic carbocycles. The molecular formula is C13H13N5S. The summed E-state index contributed by atoms with van der Waals surface area (Å²) < 4.78 is 1.63. The Bertz CT molecular complexity index is 642. The molecule has 5 nitrogen and oxygen atoms in total. The minimum Gasteiger partial charge on any atom is -0.379 e. The van der Waals surface area contributed by atoms with Crippen LogP contribution in [0.2, 0.25) is 0 Å². The van der Waals surface area contributed by atoms with E-state index >= 15 is 0 Å². The molecule has 6 heteroatoms. The number of pyridine rings is 1. The molecule has 0 aliphatic carbocycles. The number of aryl methyl sites for hydroxylation is 1. The van der Waals surface area contributed by atoms with E-state index in [0.717, 1.165) is 18.1 Å². The average Bonchev–Trinajstić information content (AvgIpc) is 3.08. The normalized spacial score (nSPS) is 10.6. The van der Waals surface area contributed by atoms with Gasteiger partial charge in [0, 0.05) is 16.3 Å². The lowest BCUT2D eigenvalue weighted by atomic mass is 10.3. The first-order valence-electron chi connectivity index (χ1n) is 5.91. The summed E-state index contributed by atoms with van der Waals surface area (Å²) in [4.78, 5) is 10.9. The van der Waals surface area contributed by atoms with Crippen LogP contribution in [0.3, 0.4) is 0 Å². The van der Waals surface area contributed by atoms with E-state index in [-0.39, 0.29) is 0 Å². The van der Waals surface area contributed by atoms with Crippen molar-refractivity contribution in [2.45, 2.75) is 13.5 Å². The van der Waals surface area contributed by atoms with Crippen LogP contribution in [0.15, 0.2) is 43.1 Å². The fraction of sp³-hybridized carbons (Fsp3) is 0.154. The van der Waals surface area contributed by atoms with Crippen molar-refractivity contribution in [3.05, 3.63) is 52.9 Å². The highest BCUT2D eigenvalue weighted by Crippen LogP contribution is 2.17. The van der Waals surface area contributed by atoms with Gasteiger partial charge in [-0.15, -0.1) is 11.3 Å². The summed E-state index contributed by atoms with van der Waals surface area (Å²) in [6.45, 7) is 2.94. The van der Waals surface area contributed by atoms with Gasteiger partial charge in [-0.1, -0.05) is 0 Å². The van der Waals surface area contributed by atoms with Crippen molar-refractivity contribution in [1.29, 1.82) is 0 Å².